The third-order valence-electron chi connectivity index (χ3n) is 5.36. The van der Waals surface area contributed by atoms with E-state index in [-0.39, 0.29) is 5.91 Å². The summed E-state index contributed by atoms with van der Waals surface area (Å²) in [5.41, 5.74) is 10.0. The number of hydrazine groups is 1. The van der Waals surface area contributed by atoms with Crippen molar-refractivity contribution in [1.82, 2.24) is 21.2 Å². The van der Waals surface area contributed by atoms with Crippen LogP contribution in [0.3, 0.4) is 0 Å². The Labute approximate surface area is 197 Å². The Balaban J connectivity index is 1.52. The first-order valence-corrected chi connectivity index (χ1v) is 10.8. The average Bonchev–Trinajstić information content (AvgIpc) is 2.86. The van der Waals surface area contributed by atoms with E-state index in [9.17, 15) is 14.4 Å². The van der Waals surface area contributed by atoms with E-state index < -0.39 is 11.8 Å². The van der Waals surface area contributed by atoms with Crippen molar-refractivity contribution in [3.8, 4) is 11.3 Å². The fourth-order valence-electron chi connectivity index (χ4n) is 3.49. The lowest BCUT2D eigenvalue weighted by atomic mass is 10.0. The van der Waals surface area contributed by atoms with Crippen LogP contribution < -0.4 is 16.2 Å². The Morgan fingerprint density at radius 2 is 1.50 bits per heavy atom. The van der Waals surface area contributed by atoms with Crippen molar-refractivity contribution in [2.75, 3.05) is 0 Å². The van der Waals surface area contributed by atoms with Gasteiger partial charge < -0.3 is 5.32 Å². The Morgan fingerprint density at radius 3 is 2.21 bits per heavy atom. The molecule has 3 aromatic carbocycles. The van der Waals surface area contributed by atoms with Gasteiger partial charge in [0.05, 0.1) is 16.8 Å². The van der Waals surface area contributed by atoms with Gasteiger partial charge in [0, 0.05) is 30.0 Å². The number of benzene rings is 3. The molecule has 4 rings (SSSR count). The van der Waals surface area contributed by atoms with E-state index >= 15 is 0 Å². The molecule has 0 aliphatic carbocycles. The highest BCUT2D eigenvalue weighted by molar-refractivity contribution is 6.08. The lowest BCUT2D eigenvalue weighted by molar-refractivity contribution is -0.119. The first-order chi connectivity index (χ1) is 16.4. The number of aromatic nitrogens is 1. The van der Waals surface area contributed by atoms with E-state index in [1.165, 1.54) is 6.92 Å². The van der Waals surface area contributed by atoms with Gasteiger partial charge in [-0.15, -0.1) is 0 Å². The molecule has 4 aromatic rings. The van der Waals surface area contributed by atoms with Crippen LogP contribution in [0, 0.1) is 6.92 Å². The second kappa shape index (κ2) is 9.95. The van der Waals surface area contributed by atoms with Gasteiger partial charge in [-0.05, 0) is 36.8 Å². The van der Waals surface area contributed by atoms with Crippen LogP contribution in [0.1, 0.15) is 38.8 Å². The fraction of sp³-hybridized carbons (Fsp3) is 0.111. The van der Waals surface area contributed by atoms with Gasteiger partial charge in [-0.3, -0.25) is 25.2 Å². The van der Waals surface area contributed by atoms with Gasteiger partial charge in [0.1, 0.15) is 0 Å². The normalized spacial score (nSPS) is 10.5. The Hall–Kier alpha value is -4.52. The van der Waals surface area contributed by atoms with Crippen molar-refractivity contribution in [2.24, 2.45) is 0 Å². The van der Waals surface area contributed by atoms with Gasteiger partial charge in [-0.1, -0.05) is 60.2 Å². The first kappa shape index (κ1) is 22.7. The maximum atomic E-state index is 13.0. The molecule has 3 amide bonds. The van der Waals surface area contributed by atoms with E-state index in [0.717, 1.165) is 16.7 Å². The Kier molecular flexibility index (Phi) is 6.64. The van der Waals surface area contributed by atoms with Gasteiger partial charge in [-0.25, -0.2) is 4.98 Å². The zero-order valence-corrected chi connectivity index (χ0v) is 18.9. The molecule has 170 valence electrons. The number of amides is 3. The predicted octanol–water partition coefficient (Wildman–Crippen LogP) is 3.92. The maximum Gasteiger partial charge on any atom is 0.270 e. The summed E-state index contributed by atoms with van der Waals surface area (Å²) in [6.45, 7) is 3.84. The summed E-state index contributed by atoms with van der Waals surface area (Å²) >= 11 is 0. The van der Waals surface area contributed by atoms with Gasteiger partial charge in [0.2, 0.25) is 5.91 Å². The lowest BCUT2D eigenvalue weighted by Crippen LogP contribution is -2.41. The van der Waals surface area contributed by atoms with Crippen molar-refractivity contribution in [3.05, 3.63) is 101 Å². The van der Waals surface area contributed by atoms with Crippen LogP contribution in [0.25, 0.3) is 22.2 Å². The molecule has 0 aliphatic heterocycles. The van der Waals surface area contributed by atoms with Crippen LogP contribution in [0.2, 0.25) is 0 Å². The molecule has 0 atom stereocenters. The molecular weight excluding hydrogens is 428 g/mol. The molecule has 1 heterocycles. The number of aryl methyl sites for hydroxylation is 1. The minimum absolute atomic E-state index is 0.126. The van der Waals surface area contributed by atoms with E-state index in [1.54, 1.807) is 30.3 Å². The maximum absolute atomic E-state index is 13.0. The Bertz CT molecular complexity index is 1360. The van der Waals surface area contributed by atoms with Crippen LogP contribution in [-0.4, -0.2) is 22.7 Å². The van der Waals surface area contributed by atoms with Crippen molar-refractivity contribution >= 4 is 28.6 Å². The molecule has 7 nitrogen and oxygen atoms in total. The number of para-hydroxylation sites is 1. The molecule has 34 heavy (non-hydrogen) atoms. The van der Waals surface area contributed by atoms with Crippen molar-refractivity contribution < 1.29 is 14.4 Å². The van der Waals surface area contributed by atoms with Crippen molar-refractivity contribution in [3.63, 3.8) is 0 Å². The fourth-order valence-corrected chi connectivity index (χ4v) is 3.49. The number of nitrogens with zero attached hydrogens (tertiary/aromatic N) is 1. The number of carbonyl (C=O) groups excluding carboxylic acids is 3. The van der Waals surface area contributed by atoms with E-state index in [2.05, 4.69) is 16.2 Å². The Morgan fingerprint density at radius 1 is 0.824 bits per heavy atom. The number of rotatable bonds is 5. The molecule has 1 aromatic heterocycles. The van der Waals surface area contributed by atoms with Crippen LogP contribution in [-0.2, 0) is 11.3 Å². The molecule has 0 saturated carbocycles. The van der Waals surface area contributed by atoms with Crippen LogP contribution in [0.15, 0.2) is 78.9 Å². The minimum Gasteiger partial charge on any atom is -0.352 e. The van der Waals surface area contributed by atoms with Crippen LogP contribution in [0.5, 0.6) is 0 Å². The highest BCUT2D eigenvalue weighted by atomic mass is 16.2. The number of hydrogen-bond acceptors (Lipinski definition) is 4. The van der Waals surface area contributed by atoms with Gasteiger partial charge >= 0.3 is 0 Å². The topological polar surface area (TPSA) is 100 Å². The molecule has 0 bridgehead atoms. The average molecular weight is 453 g/mol. The van der Waals surface area contributed by atoms with Crippen molar-refractivity contribution in [1.29, 1.82) is 0 Å². The number of fused-ring (bicyclic) bond motifs is 1. The molecule has 0 aliphatic rings. The van der Waals surface area contributed by atoms with E-state index in [1.807, 2.05) is 55.5 Å². The molecule has 0 radical (unpaired) electrons. The summed E-state index contributed by atoms with van der Waals surface area (Å²) in [6, 6.07) is 23.8. The molecular formula is C27H24N4O3. The van der Waals surface area contributed by atoms with E-state index in [0.29, 0.717) is 34.3 Å². The summed E-state index contributed by atoms with van der Waals surface area (Å²) < 4.78 is 0. The number of pyridine rings is 1. The monoisotopic (exact) mass is 452 g/mol. The zero-order valence-electron chi connectivity index (χ0n) is 18.9. The SMILES string of the molecule is CC(=O)NCc1ccc(C(=O)NNC(=O)c2cc(-c3ccc(C)cc3)nc3ccccc23)cc1. The summed E-state index contributed by atoms with van der Waals surface area (Å²) in [4.78, 5) is 41.3. The van der Waals surface area contributed by atoms with E-state index in [4.69, 9.17) is 4.98 Å². The summed E-state index contributed by atoms with van der Waals surface area (Å²) in [5, 5.41) is 3.39. The third kappa shape index (κ3) is 5.27. The number of carbonyl (C=O) groups is 3. The first-order valence-electron chi connectivity index (χ1n) is 10.8. The van der Waals surface area contributed by atoms with Gasteiger partial charge in [0.25, 0.3) is 11.8 Å². The second-order valence-electron chi connectivity index (χ2n) is 7.95. The van der Waals surface area contributed by atoms with Crippen LogP contribution >= 0.6 is 0 Å². The molecule has 0 saturated heterocycles. The highest BCUT2D eigenvalue weighted by Crippen LogP contribution is 2.25. The van der Waals surface area contributed by atoms with Gasteiger partial charge in [-0.2, -0.15) is 0 Å². The molecule has 3 N–H and O–H groups in total. The smallest absolute Gasteiger partial charge is 0.270 e. The largest absolute Gasteiger partial charge is 0.352 e. The quantitative estimate of drug-likeness (QED) is 0.400. The second-order valence-corrected chi connectivity index (χ2v) is 7.95. The van der Waals surface area contributed by atoms with Gasteiger partial charge in [0.15, 0.2) is 0 Å². The summed E-state index contributed by atoms with van der Waals surface area (Å²) in [6.07, 6.45) is 0. The molecule has 0 unspecified atom stereocenters. The number of nitrogens with one attached hydrogen (secondary N) is 3. The molecule has 7 heteroatoms. The third-order valence-corrected chi connectivity index (χ3v) is 5.36. The van der Waals surface area contributed by atoms with Crippen molar-refractivity contribution in [2.45, 2.75) is 20.4 Å². The predicted molar refractivity (Wildman–Crippen MR) is 131 cm³/mol. The number of hydrogen-bond donors (Lipinski definition) is 3. The minimum atomic E-state index is -0.448. The lowest BCUT2D eigenvalue weighted by Gasteiger charge is -2.12. The summed E-state index contributed by atoms with van der Waals surface area (Å²) in [5.74, 6) is -1.02. The standard InChI is InChI=1S/C27H24N4O3/c1-17-7-11-20(12-8-17)25-15-23(22-5-3-4-6-24(22)29-25)27(34)31-30-26(33)21-13-9-19(10-14-21)16-28-18(2)32/h3-15H,16H2,1-2H3,(H,28,32)(H,30,33)(H,31,34). The summed E-state index contributed by atoms with van der Waals surface area (Å²) in [7, 11) is 0. The molecule has 0 fully saturated rings. The molecule has 0 spiro atoms. The van der Waals surface area contributed by atoms with Crippen LogP contribution in [0.4, 0.5) is 0 Å². The highest BCUT2D eigenvalue weighted by Gasteiger charge is 2.15. The zero-order chi connectivity index (χ0) is 24.1.